The standard InChI is InChI=1S/C28H36N8O/c1-35(2)16-12-31-28(37)27-33-23-8-7-20(17-26(23)34-27)24-18-25(21-19-29-11-9-22(21)32-24)30-10-6-15-36-13-4-3-5-14-36/h7-9,11,17-19H,3-6,10,12-16H2,1-2H3,(H,30,32)(H,31,37)(H,33,34). The van der Waals surface area contributed by atoms with Crippen LogP contribution < -0.4 is 10.6 Å². The number of likely N-dealkylation sites (tertiary alicyclic amines) is 1. The van der Waals surface area contributed by atoms with E-state index in [0.717, 1.165) is 64.9 Å². The molecule has 1 aliphatic heterocycles. The highest BCUT2D eigenvalue weighted by molar-refractivity contribution is 5.96. The number of aromatic nitrogens is 4. The maximum atomic E-state index is 12.5. The molecule has 3 N–H and O–H groups in total. The van der Waals surface area contributed by atoms with Gasteiger partial charge in [0, 0.05) is 48.7 Å². The van der Waals surface area contributed by atoms with Gasteiger partial charge in [0.2, 0.25) is 0 Å². The first-order chi connectivity index (χ1) is 18.1. The fourth-order valence-electron chi connectivity index (χ4n) is 4.82. The maximum absolute atomic E-state index is 12.5. The van der Waals surface area contributed by atoms with Crippen LogP contribution in [0.15, 0.2) is 42.7 Å². The lowest BCUT2D eigenvalue weighted by Gasteiger charge is -2.26. The third-order valence-electron chi connectivity index (χ3n) is 6.86. The number of hydrogen-bond donors (Lipinski definition) is 3. The van der Waals surface area contributed by atoms with Crippen molar-refractivity contribution in [1.29, 1.82) is 0 Å². The molecule has 1 aliphatic rings. The van der Waals surface area contributed by atoms with Gasteiger partial charge in [-0.1, -0.05) is 12.5 Å². The third-order valence-corrected chi connectivity index (χ3v) is 6.86. The van der Waals surface area contributed by atoms with Crippen LogP contribution in [0, 0.1) is 0 Å². The number of amides is 1. The molecular weight excluding hydrogens is 464 g/mol. The maximum Gasteiger partial charge on any atom is 0.287 e. The van der Waals surface area contributed by atoms with Gasteiger partial charge in [0.15, 0.2) is 5.82 Å². The Kier molecular flexibility index (Phi) is 7.91. The molecule has 1 amide bonds. The van der Waals surface area contributed by atoms with Crippen molar-refractivity contribution < 1.29 is 4.79 Å². The second-order valence-electron chi connectivity index (χ2n) is 10.0. The number of carbonyl (C=O) groups excluding carboxylic acids is 1. The molecule has 0 unspecified atom stereocenters. The number of benzene rings is 1. The van der Waals surface area contributed by atoms with E-state index in [4.69, 9.17) is 4.98 Å². The molecule has 37 heavy (non-hydrogen) atoms. The van der Waals surface area contributed by atoms with Gasteiger partial charge in [-0.2, -0.15) is 0 Å². The molecule has 0 bridgehead atoms. The summed E-state index contributed by atoms with van der Waals surface area (Å²) in [5.41, 5.74) is 5.31. The number of anilines is 1. The minimum absolute atomic E-state index is 0.202. The highest BCUT2D eigenvalue weighted by Crippen LogP contribution is 2.29. The molecule has 5 rings (SSSR count). The van der Waals surface area contributed by atoms with Crippen molar-refractivity contribution in [2.75, 3.05) is 58.7 Å². The number of imidazole rings is 1. The molecule has 4 heterocycles. The number of nitrogens with zero attached hydrogens (tertiary/aromatic N) is 5. The average molecular weight is 501 g/mol. The summed E-state index contributed by atoms with van der Waals surface area (Å²) in [5.74, 6) is 0.117. The molecule has 1 aromatic carbocycles. The van der Waals surface area contributed by atoms with Crippen LogP contribution in [-0.4, -0.2) is 89.0 Å². The normalized spacial score (nSPS) is 14.5. The van der Waals surface area contributed by atoms with Crippen LogP contribution >= 0.6 is 0 Å². The average Bonchev–Trinajstić information content (AvgIpc) is 3.35. The molecule has 3 aromatic heterocycles. The van der Waals surface area contributed by atoms with E-state index in [1.807, 2.05) is 49.5 Å². The summed E-state index contributed by atoms with van der Waals surface area (Å²) in [7, 11) is 3.95. The smallest absolute Gasteiger partial charge is 0.287 e. The van der Waals surface area contributed by atoms with Crippen LogP contribution in [0.1, 0.15) is 36.3 Å². The van der Waals surface area contributed by atoms with Gasteiger partial charge >= 0.3 is 0 Å². The number of nitrogens with one attached hydrogen (secondary N) is 3. The van der Waals surface area contributed by atoms with E-state index >= 15 is 0 Å². The summed E-state index contributed by atoms with van der Waals surface area (Å²) in [4.78, 5) is 34.0. The number of fused-ring (bicyclic) bond motifs is 2. The van der Waals surface area contributed by atoms with Crippen molar-refractivity contribution in [1.82, 2.24) is 35.1 Å². The third kappa shape index (κ3) is 6.23. The number of piperidine rings is 1. The molecular formula is C28H36N8O. The Morgan fingerprint density at radius 3 is 2.76 bits per heavy atom. The zero-order chi connectivity index (χ0) is 25.6. The van der Waals surface area contributed by atoms with Gasteiger partial charge in [0.25, 0.3) is 5.91 Å². The van der Waals surface area contributed by atoms with Crippen molar-refractivity contribution in [2.45, 2.75) is 25.7 Å². The number of rotatable bonds is 10. The molecule has 0 radical (unpaired) electrons. The van der Waals surface area contributed by atoms with Crippen molar-refractivity contribution >= 4 is 33.5 Å². The molecule has 0 saturated carbocycles. The van der Waals surface area contributed by atoms with Gasteiger partial charge in [-0.3, -0.25) is 9.78 Å². The summed E-state index contributed by atoms with van der Waals surface area (Å²) in [5, 5.41) is 7.56. The van der Waals surface area contributed by atoms with Gasteiger partial charge < -0.3 is 25.4 Å². The summed E-state index contributed by atoms with van der Waals surface area (Å²) < 4.78 is 0. The number of H-pyrrole nitrogens is 1. The first kappa shape index (κ1) is 25.1. The Balaban J connectivity index is 1.33. The van der Waals surface area contributed by atoms with Gasteiger partial charge in [0.05, 0.1) is 22.2 Å². The number of hydrogen-bond acceptors (Lipinski definition) is 7. The molecule has 9 heteroatoms. The van der Waals surface area contributed by atoms with Gasteiger partial charge in [-0.25, -0.2) is 9.97 Å². The van der Waals surface area contributed by atoms with E-state index in [-0.39, 0.29) is 5.91 Å². The monoisotopic (exact) mass is 500 g/mol. The predicted molar refractivity (Wildman–Crippen MR) is 149 cm³/mol. The largest absolute Gasteiger partial charge is 0.384 e. The van der Waals surface area contributed by atoms with Crippen molar-refractivity contribution in [2.24, 2.45) is 0 Å². The van der Waals surface area contributed by atoms with E-state index in [1.54, 1.807) is 6.20 Å². The lowest BCUT2D eigenvalue weighted by Crippen LogP contribution is -2.31. The van der Waals surface area contributed by atoms with Crippen molar-refractivity contribution in [3.63, 3.8) is 0 Å². The summed E-state index contributed by atoms with van der Waals surface area (Å²) in [6, 6.07) is 9.99. The second kappa shape index (κ2) is 11.7. The summed E-state index contributed by atoms with van der Waals surface area (Å²) in [6.45, 7) is 5.81. The first-order valence-electron chi connectivity index (χ1n) is 13.2. The summed E-state index contributed by atoms with van der Waals surface area (Å²) in [6.07, 6.45) is 8.75. The first-order valence-corrected chi connectivity index (χ1v) is 13.2. The van der Waals surface area contributed by atoms with Crippen LogP contribution in [0.25, 0.3) is 33.2 Å². The molecule has 1 saturated heterocycles. The molecule has 9 nitrogen and oxygen atoms in total. The number of carbonyl (C=O) groups is 1. The Hall–Kier alpha value is -3.56. The number of pyridine rings is 2. The Labute approximate surface area is 217 Å². The second-order valence-corrected chi connectivity index (χ2v) is 10.0. The minimum Gasteiger partial charge on any atom is -0.384 e. The molecule has 0 spiro atoms. The van der Waals surface area contributed by atoms with Crippen molar-refractivity contribution in [3.8, 4) is 11.3 Å². The Morgan fingerprint density at radius 1 is 1.05 bits per heavy atom. The zero-order valence-corrected chi connectivity index (χ0v) is 21.8. The van der Waals surface area contributed by atoms with Gasteiger partial charge in [-0.05, 0) is 77.3 Å². The SMILES string of the molecule is CN(C)CCNC(=O)c1nc2cc(-c3cc(NCCCN4CCCCC4)c4cnccc4n3)ccc2[nH]1. The van der Waals surface area contributed by atoms with Crippen LogP contribution in [0.4, 0.5) is 5.69 Å². The lowest BCUT2D eigenvalue weighted by atomic mass is 10.1. The quantitative estimate of drug-likeness (QED) is 0.285. The zero-order valence-electron chi connectivity index (χ0n) is 21.8. The van der Waals surface area contributed by atoms with E-state index in [1.165, 1.54) is 32.4 Å². The molecule has 0 aliphatic carbocycles. The molecule has 194 valence electrons. The topological polar surface area (TPSA) is 102 Å². The van der Waals surface area contributed by atoms with Crippen molar-refractivity contribution in [3.05, 3.63) is 48.5 Å². The minimum atomic E-state index is -0.202. The molecule has 1 fully saturated rings. The fraction of sp³-hybridized carbons (Fsp3) is 0.429. The highest BCUT2D eigenvalue weighted by Gasteiger charge is 2.14. The number of likely N-dealkylation sites (N-methyl/N-ethyl adjacent to an activating group) is 1. The van der Waals surface area contributed by atoms with E-state index < -0.39 is 0 Å². The van der Waals surface area contributed by atoms with Crippen LogP contribution in [0.2, 0.25) is 0 Å². The van der Waals surface area contributed by atoms with Gasteiger partial charge in [-0.15, -0.1) is 0 Å². The lowest BCUT2D eigenvalue weighted by molar-refractivity contribution is 0.0942. The van der Waals surface area contributed by atoms with Gasteiger partial charge in [0.1, 0.15) is 0 Å². The summed E-state index contributed by atoms with van der Waals surface area (Å²) >= 11 is 0. The van der Waals surface area contributed by atoms with Crippen LogP contribution in [0.3, 0.4) is 0 Å². The predicted octanol–water partition coefficient (Wildman–Crippen LogP) is 3.75. The van der Waals surface area contributed by atoms with E-state index in [9.17, 15) is 4.79 Å². The Bertz CT molecular complexity index is 1360. The van der Waals surface area contributed by atoms with Crippen LogP contribution in [-0.2, 0) is 0 Å². The van der Waals surface area contributed by atoms with E-state index in [0.29, 0.717) is 12.4 Å². The molecule has 0 atom stereocenters. The Morgan fingerprint density at radius 2 is 1.92 bits per heavy atom. The van der Waals surface area contributed by atoms with E-state index in [2.05, 4.69) is 36.6 Å². The number of aromatic amines is 1. The highest BCUT2D eigenvalue weighted by atomic mass is 16.2. The van der Waals surface area contributed by atoms with Crippen LogP contribution in [0.5, 0.6) is 0 Å². The molecule has 4 aromatic rings. The fourth-order valence-corrected chi connectivity index (χ4v) is 4.82.